The Balaban J connectivity index is 1.83. The van der Waals surface area contributed by atoms with E-state index in [4.69, 9.17) is 4.42 Å². The summed E-state index contributed by atoms with van der Waals surface area (Å²) in [6.07, 6.45) is 1.52. The van der Waals surface area contributed by atoms with Crippen LogP contribution in [0.2, 0.25) is 0 Å². The van der Waals surface area contributed by atoms with Crippen LogP contribution in [-0.2, 0) is 9.59 Å². The molecule has 5 nitrogen and oxygen atoms in total. The highest BCUT2D eigenvalue weighted by molar-refractivity contribution is 6.14. The Kier molecular flexibility index (Phi) is 4.28. The van der Waals surface area contributed by atoms with Crippen LogP contribution in [0.1, 0.15) is 22.9 Å². The number of rotatable bonds is 3. The van der Waals surface area contributed by atoms with Crippen molar-refractivity contribution < 1.29 is 14.0 Å². The third-order valence-electron chi connectivity index (χ3n) is 4.88. The number of piperazine rings is 1. The molecule has 2 amide bonds. The molecule has 1 atom stereocenters. The molecule has 136 valence electrons. The van der Waals surface area contributed by atoms with Crippen molar-refractivity contribution in [2.45, 2.75) is 19.9 Å². The van der Waals surface area contributed by atoms with E-state index in [2.05, 4.69) is 0 Å². The van der Waals surface area contributed by atoms with Crippen LogP contribution in [0.4, 0.5) is 11.4 Å². The lowest BCUT2D eigenvalue weighted by molar-refractivity contribution is -0.129. The van der Waals surface area contributed by atoms with Crippen molar-refractivity contribution in [2.24, 2.45) is 0 Å². The second-order valence-corrected chi connectivity index (χ2v) is 6.68. The number of carbonyl (C=O) groups is 2. The molecule has 1 aliphatic heterocycles. The predicted octanol–water partition coefficient (Wildman–Crippen LogP) is 4.02. The van der Waals surface area contributed by atoms with E-state index in [9.17, 15) is 9.59 Å². The van der Waals surface area contributed by atoms with Gasteiger partial charge in [-0.05, 0) is 49.2 Å². The Labute approximate surface area is 157 Å². The maximum atomic E-state index is 13.5. The first-order chi connectivity index (χ1) is 13.1. The molecule has 2 heterocycles. The third kappa shape index (κ3) is 2.91. The fourth-order valence-electron chi connectivity index (χ4n) is 3.69. The Hall–Kier alpha value is -3.34. The molecule has 1 saturated heterocycles. The van der Waals surface area contributed by atoms with E-state index < -0.39 is 6.04 Å². The Morgan fingerprint density at radius 2 is 1.59 bits per heavy atom. The summed E-state index contributed by atoms with van der Waals surface area (Å²) in [4.78, 5) is 29.8. The van der Waals surface area contributed by atoms with E-state index in [0.29, 0.717) is 11.4 Å². The minimum Gasteiger partial charge on any atom is -0.467 e. The van der Waals surface area contributed by atoms with Gasteiger partial charge >= 0.3 is 0 Å². The van der Waals surface area contributed by atoms with Gasteiger partial charge in [-0.15, -0.1) is 0 Å². The molecule has 2 aromatic carbocycles. The highest BCUT2D eigenvalue weighted by Gasteiger charge is 2.43. The zero-order valence-corrected chi connectivity index (χ0v) is 15.3. The average molecular weight is 360 g/mol. The van der Waals surface area contributed by atoms with Crippen molar-refractivity contribution in [1.29, 1.82) is 0 Å². The summed E-state index contributed by atoms with van der Waals surface area (Å²) in [6.45, 7) is 3.90. The molecule has 4 rings (SSSR count). The molecule has 0 aliphatic carbocycles. The van der Waals surface area contributed by atoms with Gasteiger partial charge in [0.1, 0.15) is 12.3 Å². The SMILES string of the molecule is Cc1cccc(C)c1N1CC(=O)N(c2ccccc2)[C@@H](c2ccco2)C1=O. The minimum absolute atomic E-state index is 0.00334. The quantitative estimate of drug-likeness (QED) is 0.709. The summed E-state index contributed by atoms with van der Waals surface area (Å²) in [6, 6.07) is 17.7. The van der Waals surface area contributed by atoms with Gasteiger partial charge in [0.25, 0.3) is 5.91 Å². The minimum atomic E-state index is -0.831. The van der Waals surface area contributed by atoms with E-state index in [-0.39, 0.29) is 18.4 Å². The van der Waals surface area contributed by atoms with Gasteiger partial charge in [-0.3, -0.25) is 14.5 Å². The van der Waals surface area contributed by atoms with Gasteiger partial charge in [0.05, 0.1) is 12.0 Å². The lowest BCUT2D eigenvalue weighted by atomic mass is 10.0. The Bertz CT molecular complexity index is 960. The average Bonchev–Trinajstić information content (AvgIpc) is 3.18. The molecule has 1 aliphatic rings. The van der Waals surface area contributed by atoms with Gasteiger partial charge in [0, 0.05) is 5.69 Å². The molecule has 3 aromatic rings. The molecular weight excluding hydrogens is 340 g/mol. The zero-order valence-electron chi connectivity index (χ0n) is 15.3. The molecule has 1 aromatic heterocycles. The van der Waals surface area contributed by atoms with Crippen LogP contribution >= 0.6 is 0 Å². The lowest BCUT2D eigenvalue weighted by Crippen LogP contribution is -2.56. The second kappa shape index (κ2) is 6.76. The van der Waals surface area contributed by atoms with Crippen LogP contribution in [0.15, 0.2) is 71.3 Å². The van der Waals surface area contributed by atoms with Crippen molar-refractivity contribution in [1.82, 2.24) is 0 Å². The summed E-state index contributed by atoms with van der Waals surface area (Å²) >= 11 is 0. The predicted molar refractivity (Wildman–Crippen MR) is 104 cm³/mol. The number of hydrogen-bond acceptors (Lipinski definition) is 3. The normalized spacial score (nSPS) is 17.5. The Morgan fingerprint density at radius 1 is 0.889 bits per heavy atom. The topological polar surface area (TPSA) is 53.8 Å². The van der Waals surface area contributed by atoms with Crippen molar-refractivity contribution in [3.63, 3.8) is 0 Å². The number of para-hydroxylation sites is 2. The maximum Gasteiger partial charge on any atom is 0.258 e. The van der Waals surface area contributed by atoms with E-state index in [1.165, 1.54) is 11.2 Å². The van der Waals surface area contributed by atoms with Crippen LogP contribution < -0.4 is 9.80 Å². The third-order valence-corrected chi connectivity index (χ3v) is 4.88. The smallest absolute Gasteiger partial charge is 0.258 e. The highest BCUT2D eigenvalue weighted by Crippen LogP contribution is 2.36. The van der Waals surface area contributed by atoms with Crippen LogP contribution in [0.3, 0.4) is 0 Å². The number of amides is 2. The van der Waals surface area contributed by atoms with E-state index in [1.807, 2.05) is 62.4 Å². The van der Waals surface area contributed by atoms with Crippen molar-refractivity contribution in [3.8, 4) is 0 Å². The van der Waals surface area contributed by atoms with E-state index in [0.717, 1.165) is 16.8 Å². The number of carbonyl (C=O) groups excluding carboxylic acids is 2. The largest absolute Gasteiger partial charge is 0.467 e. The summed E-state index contributed by atoms with van der Waals surface area (Å²) in [5.74, 6) is 0.129. The van der Waals surface area contributed by atoms with Gasteiger partial charge in [-0.2, -0.15) is 0 Å². The van der Waals surface area contributed by atoms with Crippen molar-refractivity contribution in [2.75, 3.05) is 16.3 Å². The molecular formula is C22H20N2O3. The summed E-state index contributed by atoms with van der Waals surface area (Å²) in [7, 11) is 0. The molecule has 0 N–H and O–H groups in total. The molecule has 27 heavy (non-hydrogen) atoms. The monoisotopic (exact) mass is 360 g/mol. The number of hydrogen-bond donors (Lipinski definition) is 0. The van der Waals surface area contributed by atoms with Crippen LogP contribution in [0, 0.1) is 13.8 Å². The summed E-state index contributed by atoms with van der Waals surface area (Å²) in [5, 5.41) is 0. The van der Waals surface area contributed by atoms with Crippen LogP contribution in [0.5, 0.6) is 0 Å². The Morgan fingerprint density at radius 3 is 2.22 bits per heavy atom. The van der Waals surface area contributed by atoms with Gasteiger partial charge in [0.2, 0.25) is 5.91 Å². The fourth-order valence-corrected chi connectivity index (χ4v) is 3.69. The number of benzene rings is 2. The fraction of sp³-hybridized carbons (Fsp3) is 0.182. The van der Waals surface area contributed by atoms with Crippen LogP contribution in [0.25, 0.3) is 0 Å². The van der Waals surface area contributed by atoms with Gasteiger partial charge in [0.15, 0.2) is 6.04 Å². The second-order valence-electron chi connectivity index (χ2n) is 6.68. The van der Waals surface area contributed by atoms with E-state index in [1.54, 1.807) is 17.0 Å². The molecule has 0 unspecified atom stereocenters. The van der Waals surface area contributed by atoms with Crippen molar-refractivity contribution >= 4 is 23.2 Å². The highest BCUT2D eigenvalue weighted by atomic mass is 16.3. The van der Waals surface area contributed by atoms with Crippen LogP contribution in [-0.4, -0.2) is 18.4 Å². The number of anilines is 2. The number of aryl methyl sites for hydroxylation is 2. The standard InChI is InChI=1S/C22H20N2O3/c1-15-8-6-9-16(2)20(15)23-14-19(25)24(17-10-4-3-5-11-17)21(22(23)26)18-12-7-13-27-18/h3-13,21H,14H2,1-2H3/t21-/m0/s1. The first kappa shape index (κ1) is 17.1. The maximum absolute atomic E-state index is 13.5. The first-order valence-electron chi connectivity index (χ1n) is 8.86. The molecule has 0 saturated carbocycles. The first-order valence-corrected chi connectivity index (χ1v) is 8.86. The zero-order chi connectivity index (χ0) is 19.0. The molecule has 0 spiro atoms. The molecule has 1 fully saturated rings. The van der Waals surface area contributed by atoms with Gasteiger partial charge < -0.3 is 9.32 Å². The summed E-state index contributed by atoms with van der Waals surface area (Å²) < 4.78 is 5.55. The van der Waals surface area contributed by atoms with Crippen molar-refractivity contribution in [3.05, 3.63) is 83.8 Å². The molecule has 0 bridgehead atoms. The number of nitrogens with zero attached hydrogens (tertiary/aromatic N) is 2. The molecule has 0 radical (unpaired) electrons. The van der Waals surface area contributed by atoms with E-state index >= 15 is 0 Å². The van der Waals surface area contributed by atoms with Gasteiger partial charge in [-0.25, -0.2) is 0 Å². The van der Waals surface area contributed by atoms with Gasteiger partial charge in [-0.1, -0.05) is 36.4 Å². The lowest BCUT2D eigenvalue weighted by Gasteiger charge is -2.40. The molecule has 5 heteroatoms. The summed E-state index contributed by atoms with van der Waals surface area (Å²) in [5.41, 5.74) is 3.39. The number of furan rings is 1.